The summed E-state index contributed by atoms with van der Waals surface area (Å²) in [4.78, 5) is 28.7. The molecule has 0 saturated carbocycles. The van der Waals surface area contributed by atoms with Crippen molar-refractivity contribution in [3.63, 3.8) is 0 Å². The molecule has 3 aromatic carbocycles. The number of nitrogens with two attached hydrogens (primary N) is 1. The Morgan fingerprint density at radius 1 is 1.03 bits per heavy atom. The number of para-hydroxylation sites is 2. The van der Waals surface area contributed by atoms with Crippen LogP contribution in [0.1, 0.15) is 42.3 Å². The Balaban J connectivity index is 0.00000200. The van der Waals surface area contributed by atoms with Gasteiger partial charge in [-0.3, -0.25) is 4.79 Å². The van der Waals surface area contributed by atoms with Crippen LogP contribution in [0.4, 0.5) is 5.95 Å². The van der Waals surface area contributed by atoms with Gasteiger partial charge in [-0.25, -0.2) is 14.5 Å². The van der Waals surface area contributed by atoms with E-state index in [1.165, 1.54) is 16.8 Å². The van der Waals surface area contributed by atoms with E-state index in [1.54, 1.807) is 18.2 Å². The first-order chi connectivity index (χ1) is 17.4. The minimum Gasteiger partial charge on any atom is -1.00 e. The summed E-state index contributed by atoms with van der Waals surface area (Å²) in [5.41, 5.74) is 11.2. The third kappa shape index (κ3) is 5.21. The molecule has 0 aliphatic heterocycles. The zero-order chi connectivity index (χ0) is 25.2. The van der Waals surface area contributed by atoms with Gasteiger partial charge < -0.3 is 16.8 Å². The minimum absolute atomic E-state index is 0. The molecule has 8 nitrogen and oxygen atoms in total. The van der Waals surface area contributed by atoms with Crippen molar-refractivity contribution in [2.45, 2.75) is 25.9 Å². The van der Waals surface area contributed by atoms with Crippen molar-refractivity contribution in [3.8, 4) is 11.3 Å². The van der Waals surface area contributed by atoms with Crippen molar-refractivity contribution < 1.29 is 30.2 Å². The zero-order valence-electron chi connectivity index (χ0n) is 21.7. The van der Waals surface area contributed by atoms with Crippen molar-refractivity contribution in [2.75, 3.05) is 5.73 Å². The molecule has 0 saturated heterocycles. The summed E-state index contributed by atoms with van der Waals surface area (Å²) < 4.78 is 3.40. The first-order valence-corrected chi connectivity index (χ1v) is 11.7. The van der Waals surface area contributed by atoms with Crippen LogP contribution in [0.15, 0.2) is 89.7 Å². The maximum Gasteiger partial charge on any atom is 1.00 e. The molecule has 5 rings (SSSR count). The molecule has 2 heterocycles. The third-order valence-corrected chi connectivity index (χ3v) is 6.27. The molecule has 2 aromatic heterocycles. The molecule has 0 amide bonds. The predicted molar refractivity (Wildman–Crippen MR) is 140 cm³/mol. The zero-order valence-corrected chi connectivity index (χ0v) is 20.7. The number of nitrogen functional groups attached to an aromatic ring is 1. The van der Waals surface area contributed by atoms with Crippen LogP contribution in [0.3, 0.4) is 0 Å². The van der Waals surface area contributed by atoms with Crippen molar-refractivity contribution in [2.24, 2.45) is 0 Å². The summed E-state index contributed by atoms with van der Waals surface area (Å²) in [5, 5.41) is 14.1. The number of aromatic carboxylic acids is 1. The summed E-state index contributed by atoms with van der Waals surface area (Å²) in [6.45, 7) is 2.48. The SMILES string of the molecule is CCC(c1cccc(C(=O)O)c1)n1nc(-c2cccc(Cn3c(N)nc4ccccc43)c2)ccc1=O.[H-].[Li+]. The second-order valence-corrected chi connectivity index (χ2v) is 8.60. The number of rotatable bonds is 7. The van der Waals surface area contributed by atoms with Crippen molar-refractivity contribution >= 4 is 23.0 Å². The van der Waals surface area contributed by atoms with Crippen molar-refractivity contribution in [3.05, 3.63) is 112 Å². The van der Waals surface area contributed by atoms with E-state index in [4.69, 9.17) is 5.73 Å². The Bertz CT molecular complexity index is 1650. The number of carboxylic acids is 1. The van der Waals surface area contributed by atoms with Crippen molar-refractivity contribution in [1.82, 2.24) is 19.3 Å². The molecule has 37 heavy (non-hydrogen) atoms. The molecule has 0 bridgehead atoms. The molecule has 0 spiro atoms. The number of benzene rings is 3. The van der Waals surface area contributed by atoms with Crippen LogP contribution in [0.25, 0.3) is 22.3 Å². The number of carbonyl (C=O) groups is 1. The maximum absolute atomic E-state index is 12.8. The topological polar surface area (TPSA) is 116 Å². The van der Waals surface area contributed by atoms with Gasteiger partial charge in [0, 0.05) is 11.6 Å². The molecule has 182 valence electrons. The molecule has 0 aliphatic carbocycles. The molecular formula is C28H26LiN5O3. The second-order valence-electron chi connectivity index (χ2n) is 8.60. The van der Waals surface area contributed by atoms with E-state index in [0.717, 1.165) is 27.7 Å². The van der Waals surface area contributed by atoms with Gasteiger partial charge in [0.05, 0.1) is 34.9 Å². The van der Waals surface area contributed by atoms with E-state index in [9.17, 15) is 14.7 Å². The molecule has 0 aliphatic rings. The fraction of sp³-hybridized carbons (Fsp3) is 0.143. The van der Waals surface area contributed by atoms with E-state index >= 15 is 0 Å². The fourth-order valence-electron chi connectivity index (χ4n) is 4.50. The average Bonchev–Trinajstić information content (AvgIpc) is 3.20. The molecule has 9 heteroatoms. The quantitative estimate of drug-likeness (QED) is 0.338. The van der Waals surface area contributed by atoms with Gasteiger partial charge in [0.15, 0.2) is 0 Å². The van der Waals surface area contributed by atoms with Crippen LogP contribution in [0, 0.1) is 0 Å². The summed E-state index contributed by atoms with van der Waals surface area (Å²) in [5.74, 6) is -0.563. The molecule has 3 N–H and O–H groups in total. The van der Waals surface area contributed by atoms with Crippen LogP contribution in [0.2, 0.25) is 0 Å². The first kappa shape index (κ1) is 26.0. The van der Waals surface area contributed by atoms with Crippen LogP contribution in [0.5, 0.6) is 0 Å². The van der Waals surface area contributed by atoms with E-state index in [0.29, 0.717) is 24.6 Å². The molecular weight excluding hydrogens is 461 g/mol. The smallest absolute Gasteiger partial charge is 1.00 e. The number of aromatic nitrogens is 4. The number of nitrogens with zero attached hydrogens (tertiary/aromatic N) is 4. The number of carboxylic acid groups (broad SMARTS) is 1. The monoisotopic (exact) mass is 487 g/mol. The van der Waals surface area contributed by atoms with Gasteiger partial charge in [0.2, 0.25) is 5.95 Å². The number of hydrogen-bond donors (Lipinski definition) is 2. The fourth-order valence-corrected chi connectivity index (χ4v) is 4.50. The van der Waals surface area contributed by atoms with E-state index < -0.39 is 12.0 Å². The van der Waals surface area contributed by atoms with E-state index in [1.807, 2.05) is 66.1 Å². The number of fused-ring (bicyclic) bond motifs is 1. The predicted octanol–water partition coefficient (Wildman–Crippen LogP) is 1.70. The van der Waals surface area contributed by atoms with Crippen LogP contribution >= 0.6 is 0 Å². The Morgan fingerprint density at radius 3 is 2.59 bits per heavy atom. The Labute approximate surface area is 227 Å². The largest absolute Gasteiger partial charge is 1.00 e. The second kappa shape index (κ2) is 10.9. The van der Waals surface area contributed by atoms with Gasteiger partial charge in [-0.1, -0.05) is 49.4 Å². The van der Waals surface area contributed by atoms with E-state index in [-0.39, 0.29) is 31.4 Å². The molecule has 0 fully saturated rings. The van der Waals surface area contributed by atoms with Gasteiger partial charge in [0.1, 0.15) is 0 Å². The summed E-state index contributed by atoms with van der Waals surface area (Å²) in [7, 11) is 0. The van der Waals surface area contributed by atoms with Gasteiger partial charge in [-0.2, -0.15) is 5.10 Å². The van der Waals surface area contributed by atoms with Crippen LogP contribution in [-0.2, 0) is 6.54 Å². The summed E-state index contributed by atoms with van der Waals surface area (Å²) in [6.07, 6.45) is 0.576. The van der Waals surface area contributed by atoms with Crippen LogP contribution < -0.4 is 30.2 Å². The van der Waals surface area contributed by atoms with Crippen LogP contribution in [-0.4, -0.2) is 30.4 Å². The standard InChI is InChI=1S/C28H25N5O3.Li.H/c1-2-24(20-9-6-10-21(16-20)27(35)36)33-26(34)14-13-22(31-33)19-8-5-7-18(15-19)17-32-25-12-4-3-11-23(25)30-28(32)29;;/h3-16,24H,2,17H2,1H3,(H2,29,30)(H,35,36);;/q;+1;-1. The maximum atomic E-state index is 12.8. The normalized spacial score (nSPS) is 11.7. The van der Waals surface area contributed by atoms with Gasteiger partial charge in [0.25, 0.3) is 5.56 Å². The Hall–Kier alpha value is -4.12. The summed E-state index contributed by atoms with van der Waals surface area (Å²) >= 11 is 0. The molecule has 5 aromatic rings. The molecule has 0 radical (unpaired) electrons. The van der Waals surface area contributed by atoms with E-state index in [2.05, 4.69) is 10.1 Å². The average molecular weight is 487 g/mol. The number of anilines is 1. The van der Waals surface area contributed by atoms with Gasteiger partial charge in [-0.15, -0.1) is 0 Å². The third-order valence-electron chi connectivity index (χ3n) is 6.27. The van der Waals surface area contributed by atoms with Gasteiger partial charge in [-0.05, 0) is 53.9 Å². The number of hydrogen-bond acceptors (Lipinski definition) is 5. The molecule has 1 unspecified atom stereocenters. The Kier molecular flexibility index (Phi) is 7.63. The number of imidazole rings is 1. The molecule has 1 atom stereocenters. The Morgan fingerprint density at radius 2 is 1.81 bits per heavy atom. The summed E-state index contributed by atoms with van der Waals surface area (Å²) in [6, 6.07) is 25.2. The minimum atomic E-state index is -1.01. The van der Waals surface area contributed by atoms with Crippen molar-refractivity contribution in [1.29, 1.82) is 0 Å². The first-order valence-electron chi connectivity index (χ1n) is 11.7. The van der Waals surface area contributed by atoms with Gasteiger partial charge >= 0.3 is 24.8 Å².